The van der Waals surface area contributed by atoms with Crippen LogP contribution in [0.1, 0.15) is 0 Å². The lowest BCUT2D eigenvalue weighted by Gasteiger charge is -2.11. The number of nitrogens with zero attached hydrogens (tertiary/aromatic N) is 3. The highest BCUT2D eigenvalue weighted by Gasteiger charge is 2.21. The van der Waals surface area contributed by atoms with Crippen LogP contribution in [0.4, 0.5) is 0 Å². The van der Waals surface area contributed by atoms with Crippen LogP contribution in [-0.4, -0.2) is 18.8 Å². The number of rotatable bonds is 2. The Labute approximate surface area is 162 Å². The van der Waals surface area contributed by atoms with Gasteiger partial charge in [-0.05, 0) is 29.8 Å². The summed E-state index contributed by atoms with van der Waals surface area (Å²) in [5.74, 6) is 0.0815. The number of hydrogen-bond donors (Lipinski definition) is 1. The molecule has 2 aromatic heterocycles. The van der Waals surface area contributed by atoms with Crippen molar-refractivity contribution in [3.8, 4) is 22.7 Å². The standard InChI is InChI=1S/C20H16BrN3O3/c1-22-15-11-24(14-5-3-4-6-16(14)25)18(12-7-9-13(21)10-8-12)17(15)19(26)23(2)20(22)27/h3-11,25H,1-2H3. The first-order valence-corrected chi connectivity index (χ1v) is 9.05. The number of hydrogen-bond acceptors (Lipinski definition) is 3. The Bertz CT molecular complexity index is 1300. The third kappa shape index (κ3) is 2.62. The monoisotopic (exact) mass is 425 g/mol. The first-order valence-electron chi connectivity index (χ1n) is 8.25. The summed E-state index contributed by atoms with van der Waals surface area (Å²) in [6.45, 7) is 0. The number of halogens is 1. The summed E-state index contributed by atoms with van der Waals surface area (Å²) in [6, 6.07) is 14.4. The van der Waals surface area contributed by atoms with Gasteiger partial charge in [-0.2, -0.15) is 0 Å². The lowest BCUT2D eigenvalue weighted by molar-refractivity contribution is 0.472. The average Bonchev–Trinajstić information content (AvgIpc) is 3.06. The smallest absolute Gasteiger partial charge is 0.330 e. The van der Waals surface area contributed by atoms with Crippen molar-refractivity contribution in [2.45, 2.75) is 0 Å². The number of fused-ring (bicyclic) bond motifs is 1. The topological polar surface area (TPSA) is 69.2 Å². The Morgan fingerprint density at radius 3 is 2.26 bits per heavy atom. The highest BCUT2D eigenvalue weighted by atomic mass is 79.9. The lowest BCUT2D eigenvalue weighted by atomic mass is 10.1. The lowest BCUT2D eigenvalue weighted by Crippen LogP contribution is -2.36. The number of aromatic hydroxyl groups is 1. The highest BCUT2D eigenvalue weighted by Crippen LogP contribution is 2.34. The van der Waals surface area contributed by atoms with Gasteiger partial charge in [-0.15, -0.1) is 0 Å². The second-order valence-corrected chi connectivity index (χ2v) is 7.22. The predicted octanol–water partition coefficient (Wildman–Crippen LogP) is 3.16. The molecule has 0 amide bonds. The van der Waals surface area contributed by atoms with Crippen LogP contribution in [0, 0.1) is 0 Å². The van der Waals surface area contributed by atoms with Crippen LogP contribution in [0.3, 0.4) is 0 Å². The summed E-state index contributed by atoms with van der Waals surface area (Å²) in [4.78, 5) is 25.3. The summed E-state index contributed by atoms with van der Waals surface area (Å²) in [6.07, 6.45) is 1.71. The van der Waals surface area contributed by atoms with E-state index < -0.39 is 5.69 Å². The molecule has 2 heterocycles. The van der Waals surface area contributed by atoms with Crippen LogP contribution in [0.5, 0.6) is 5.75 Å². The SMILES string of the molecule is Cn1c(=O)c2c(-c3ccc(Br)cc3)n(-c3ccccc3O)cc2n(C)c1=O. The molecule has 0 unspecified atom stereocenters. The fraction of sp³-hybridized carbons (Fsp3) is 0.100. The fourth-order valence-electron chi connectivity index (χ4n) is 3.29. The molecule has 6 nitrogen and oxygen atoms in total. The van der Waals surface area contributed by atoms with Gasteiger partial charge in [0.15, 0.2) is 0 Å². The minimum atomic E-state index is -0.399. The summed E-state index contributed by atoms with van der Waals surface area (Å²) >= 11 is 3.42. The summed E-state index contributed by atoms with van der Waals surface area (Å²) in [5.41, 5.74) is 1.68. The zero-order chi connectivity index (χ0) is 19.3. The molecular weight excluding hydrogens is 410 g/mol. The predicted molar refractivity (Wildman–Crippen MR) is 109 cm³/mol. The molecule has 4 rings (SSSR count). The molecule has 27 heavy (non-hydrogen) atoms. The molecule has 0 aliphatic rings. The zero-order valence-corrected chi connectivity index (χ0v) is 16.3. The maximum atomic E-state index is 13.0. The molecule has 0 radical (unpaired) electrons. The van der Waals surface area contributed by atoms with Gasteiger partial charge in [-0.25, -0.2) is 4.79 Å². The van der Waals surface area contributed by atoms with Gasteiger partial charge in [-0.1, -0.05) is 40.2 Å². The van der Waals surface area contributed by atoms with E-state index in [1.165, 1.54) is 11.6 Å². The zero-order valence-electron chi connectivity index (χ0n) is 14.7. The maximum Gasteiger partial charge on any atom is 0.330 e. The van der Waals surface area contributed by atoms with Crippen LogP contribution in [-0.2, 0) is 14.1 Å². The van der Waals surface area contributed by atoms with Crippen LogP contribution in [0.25, 0.3) is 27.8 Å². The quantitative estimate of drug-likeness (QED) is 0.536. The Balaban J connectivity index is 2.23. The number of phenolic OH excluding ortho intramolecular Hbond substituents is 1. The normalized spacial score (nSPS) is 11.2. The van der Waals surface area contributed by atoms with E-state index in [1.54, 1.807) is 36.0 Å². The van der Waals surface area contributed by atoms with Crippen LogP contribution in [0.15, 0.2) is 68.8 Å². The van der Waals surface area contributed by atoms with Gasteiger partial charge in [-0.3, -0.25) is 13.9 Å². The molecule has 0 aliphatic carbocycles. The Morgan fingerprint density at radius 1 is 0.926 bits per heavy atom. The minimum Gasteiger partial charge on any atom is -0.506 e. The Hall–Kier alpha value is -3.06. The first-order chi connectivity index (χ1) is 12.9. The number of para-hydroxylation sites is 2. The van der Waals surface area contributed by atoms with Crippen molar-refractivity contribution in [3.63, 3.8) is 0 Å². The van der Waals surface area contributed by atoms with Crippen LogP contribution < -0.4 is 11.2 Å². The van der Waals surface area contributed by atoms with Crippen LogP contribution in [0.2, 0.25) is 0 Å². The molecule has 136 valence electrons. The number of phenols is 1. The Morgan fingerprint density at radius 2 is 1.59 bits per heavy atom. The molecule has 0 saturated heterocycles. The van der Waals surface area contributed by atoms with E-state index in [4.69, 9.17) is 0 Å². The van der Waals surface area contributed by atoms with Crippen LogP contribution >= 0.6 is 15.9 Å². The van der Waals surface area contributed by atoms with E-state index in [0.29, 0.717) is 22.3 Å². The van der Waals surface area contributed by atoms with E-state index in [9.17, 15) is 14.7 Å². The molecule has 0 atom stereocenters. The van der Waals surface area contributed by atoms with Crippen molar-refractivity contribution in [1.29, 1.82) is 0 Å². The molecule has 4 aromatic rings. The molecule has 0 spiro atoms. The van der Waals surface area contributed by atoms with Crippen molar-refractivity contribution in [3.05, 3.63) is 80.0 Å². The second-order valence-electron chi connectivity index (χ2n) is 6.31. The molecule has 1 N–H and O–H groups in total. The number of aryl methyl sites for hydroxylation is 1. The minimum absolute atomic E-state index is 0.0815. The molecule has 0 fully saturated rings. The van der Waals surface area contributed by atoms with E-state index in [-0.39, 0.29) is 11.3 Å². The first kappa shape index (κ1) is 17.4. The van der Waals surface area contributed by atoms with Crippen molar-refractivity contribution >= 4 is 26.8 Å². The van der Waals surface area contributed by atoms with Crippen molar-refractivity contribution < 1.29 is 5.11 Å². The molecule has 0 bridgehead atoms. The van der Waals surface area contributed by atoms with Crippen molar-refractivity contribution in [1.82, 2.24) is 13.7 Å². The number of benzene rings is 2. The van der Waals surface area contributed by atoms with Gasteiger partial charge in [0.2, 0.25) is 0 Å². The largest absolute Gasteiger partial charge is 0.506 e. The Kier molecular flexibility index (Phi) is 4.04. The fourth-order valence-corrected chi connectivity index (χ4v) is 3.55. The third-order valence-electron chi connectivity index (χ3n) is 4.70. The van der Waals surface area contributed by atoms with Gasteiger partial charge in [0.05, 0.1) is 22.3 Å². The molecular formula is C20H16BrN3O3. The van der Waals surface area contributed by atoms with E-state index in [0.717, 1.165) is 14.6 Å². The summed E-state index contributed by atoms with van der Waals surface area (Å²) in [5, 5.41) is 10.8. The number of aromatic nitrogens is 3. The molecule has 2 aromatic carbocycles. The van der Waals surface area contributed by atoms with E-state index >= 15 is 0 Å². The van der Waals surface area contributed by atoms with Gasteiger partial charge in [0.1, 0.15) is 5.75 Å². The van der Waals surface area contributed by atoms with E-state index in [1.807, 2.05) is 30.3 Å². The van der Waals surface area contributed by atoms with E-state index in [2.05, 4.69) is 15.9 Å². The summed E-state index contributed by atoms with van der Waals surface area (Å²) in [7, 11) is 3.09. The maximum absolute atomic E-state index is 13.0. The second kappa shape index (κ2) is 6.28. The molecule has 0 saturated carbocycles. The van der Waals surface area contributed by atoms with Gasteiger partial charge < -0.3 is 9.67 Å². The van der Waals surface area contributed by atoms with Crippen molar-refractivity contribution in [2.75, 3.05) is 0 Å². The molecule has 7 heteroatoms. The molecule has 0 aliphatic heterocycles. The van der Waals surface area contributed by atoms with Gasteiger partial charge in [0.25, 0.3) is 5.56 Å². The van der Waals surface area contributed by atoms with Gasteiger partial charge >= 0.3 is 5.69 Å². The highest BCUT2D eigenvalue weighted by molar-refractivity contribution is 9.10. The van der Waals surface area contributed by atoms with Gasteiger partial charge in [0, 0.05) is 24.8 Å². The average molecular weight is 426 g/mol. The van der Waals surface area contributed by atoms with Crippen molar-refractivity contribution in [2.24, 2.45) is 14.1 Å². The third-order valence-corrected chi connectivity index (χ3v) is 5.23. The summed E-state index contributed by atoms with van der Waals surface area (Å²) < 4.78 is 5.20.